The van der Waals surface area contributed by atoms with Gasteiger partial charge < -0.3 is 15.4 Å². The van der Waals surface area contributed by atoms with Crippen LogP contribution in [0, 0.1) is 5.82 Å². The molecule has 0 aliphatic rings. The fourth-order valence-electron chi connectivity index (χ4n) is 2.35. The van der Waals surface area contributed by atoms with Crippen LogP contribution in [0.15, 0.2) is 60.9 Å². The monoisotopic (exact) mass is 352 g/mol. The molecule has 26 heavy (non-hydrogen) atoms. The van der Waals surface area contributed by atoms with Gasteiger partial charge in [0.15, 0.2) is 0 Å². The minimum atomic E-state index is -0.333. The van der Waals surface area contributed by atoms with E-state index in [9.17, 15) is 9.18 Å². The molecule has 3 rings (SSSR count). The third-order valence-corrected chi connectivity index (χ3v) is 3.65. The fraction of sp³-hybridized carbons (Fsp3) is 0.105. The molecule has 1 amide bonds. The highest BCUT2D eigenvalue weighted by atomic mass is 19.1. The molecule has 0 saturated heterocycles. The second kappa shape index (κ2) is 8.06. The molecule has 2 N–H and O–H groups in total. The smallest absolute Gasteiger partial charge is 0.270 e. The average Bonchev–Trinajstić information content (AvgIpc) is 2.68. The summed E-state index contributed by atoms with van der Waals surface area (Å²) in [7, 11) is 1.58. The summed E-state index contributed by atoms with van der Waals surface area (Å²) in [4.78, 5) is 20.4. The number of nitrogens with one attached hydrogen (secondary N) is 2. The van der Waals surface area contributed by atoms with Gasteiger partial charge >= 0.3 is 0 Å². The van der Waals surface area contributed by atoms with Crippen molar-refractivity contribution in [2.24, 2.45) is 0 Å². The molecule has 0 spiro atoms. The molecule has 3 aromatic rings. The Hall–Kier alpha value is -3.48. The molecule has 0 aliphatic carbocycles. The minimum absolute atomic E-state index is 0.222. The number of aromatic nitrogens is 2. The quantitative estimate of drug-likeness (QED) is 0.712. The molecular formula is C19H17FN4O2. The number of benzene rings is 2. The molecule has 0 atom stereocenters. The van der Waals surface area contributed by atoms with Crippen LogP contribution in [-0.4, -0.2) is 23.0 Å². The Bertz CT molecular complexity index is 900. The predicted octanol–water partition coefficient (Wildman–Crippen LogP) is 3.30. The molecule has 7 heteroatoms. The van der Waals surface area contributed by atoms with Gasteiger partial charge in [-0.2, -0.15) is 0 Å². The number of rotatable bonds is 6. The Morgan fingerprint density at radius 1 is 1.12 bits per heavy atom. The summed E-state index contributed by atoms with van der Waals surface area (Å²) in [6.07, 6.45) is 1.30. The van der Waals surface area contributed by atoms with Crippen molar-refractivity contribution < 1.29 is 13.9 Å². The van der Waals surface area contributed by atoms with Crippen LogP contribution in [0.25, 0.3) is 0 Å². The molecule has 0 saturated carbocycles. The van der Waals surface area contributed by atoms with Crippen molar-refractivity contribution in [1.29, 1.82) is 0 Å². The van der Waals surface area contributed by atoms with E-state index < -0.39 is 0 Å². The molecule has 0 unspecified atom stereocenters. The normalized spacial score (nSPS) is 10.2. The topological polar surface area (TPSA) is 76.1 Å². The number of hydrogen-bond acceptors (Lipinski definition) is 5. The number of anilines is 2. The molecule has 1 heterocycles. The highest BCUT2D eigenvalue weighted by molar-refractivity contribution is 5.92. The van der Waals surface area contributed by atoms with Gasteiger partial charge in [0.2, 0.25) is 0 Å². The zero-order valence-electron chi connectivity index (χ0n) is 14.1. The summed E-state index contributed by atoms with van der Waals surface area (Å²) in [6, 6.07) is 14.8. The van der Waals surface area contributed by atoms with E-state index >= 15 is 0 Å². The molecule has 0 radical (unpaired) electrons. The van der Waals surface area contributed by atoms with Crippen molar-refractivity contribution in [1.82, 2.24) is 15.3 Å². The maximum Gasteiger partial charge on any atom is 0.270 e. The molecule has 1 aromatic heterocycles. The zero-order chi connectivity index (χ0) is 18.4. The molecule has 132 valence electrons. The highest BCUT2D eigenvalue weighted by Crippen LogP contribution is 2.17. The van der Waals surface area contributed by atoms with Gasteiger partial charge in [0, 0.05) is 23.9 Å². The van der Waals surface area contributed by atoms with E-state index in [1.165, 1.54) is 24.5 Å². The summed E-state index contributed by atoms with van der Waals surface area (Å²) in [5.74, 6) is 0.485. The van der Waals surface area contributed by atoms with Gasteiger partial charge in [0.05, 0.1) is 7.11 Å². The second-order valence-electron chi connectivity index (χ2n) is 5.41. The molecular weight excluding hydrogens is 335 g/mol. The molecule has 0 bridgehead atoms. The first kappa shape index (κ1) is 17.3. The van der Waals surface area contributed by atoms with E-state index in [0.29, 0.717) is 23.8 Å². The van der Waals surface area contributed by atoms with Crippen molar-refractivity contribution in [2.75, 3.05) is 12.4 Å². The van der Waals surface area contributed by atoms with Crippen LogP contribution in [0.1, 0.15) is 16.1 Å². The van der Waals surface area contributed by atoms with Gasteiger partial charge in [-0.05, 0) is 30.3 Å². The van der Waals surface area contributed by atoms with Gasteiger partial charge in [-0.25, -0.2) is 14.4 Å². The SMILES string of the molecule is COc1ccccc1CNC(=O)c1cc(Nc2ccc(F)cc2)ncn1. The summed E-state index contributed by atoms with van der Waals surface area (Å²) in [6.45, 7) is 0.313. The number of carbonyl (C=O) groups is 1. The van der Waals surface area contributed by atoms with E-state index in [1.807, 2.05) is 24.3 Å². The summed E-state index contributed by atoms with van der Waals surface area (Å²) >= 11 is 0. The summed E-state index contributed by atoms with van der Waals surface area (Å²) < 4.78 is 18.2. The maximum atomic E-state index is 13.0. The van der Waals surface area contributed by atoms with Gasteiger partial charge in [-0.15, -0.1) is 0 Å². The van der Waals surface area contributed by atoms with Crippen molar-refractivity contribution in [3.05, 3.63) is 78.0 Å². The Morgan fingerprint density at radius 2 is 1.88 bits per heavy atom. The first-order chi connectivity index (χ1) is 12.7. The van der Waals surface area contributed by atoms with Crippen molar-refractivity contribution >= 4 is 17.4 Å². The number of methoxy groups -OCH3 is 1. The van der Waals surface area contributed by atoms with E-state index in [0.717, 1.165) is 5.56 Å². The van der Waals surface area contributed by atoms with Crippen LogP contribution in [0.3, 0.4) is 0 Å². The number of hydrogen-bond donors (Lipinski definition) is 2. The Labute approximate surface area is 150 Å². The van der Waals surface area contributed by atoms with Crippen LogP contribution in [-0.2, 0) is 6.54 Å². The van der Waals surface area contributed by atoms with Crippen molar-refractivity contribution in [3.63, 3.8) is 0 Å². The molecule has 0 aliphatic heterocycles. The zero-order valence-corrected chi connectivity index (χ0v) is 14.1. The number of carbonyl (C=O) groups excluding carboxylic acids is 1. The molecule has 6 nitrogen and oxygen atoms in total. The number of halogens is 1. The summed E-state index contributed by atoms with van der Waals surface area (Å²) in [5.41, 5.74) is 1.74. The largest absolute Gasteiger partial charge is 0.496 e. The van der Waals surface area contributed by atoms with Crippen molar-refractivity contribution in [3.8, 4) is 5.75 Å². The van der Waals surface area contributed by atoms with E-state index in [4.69, 9.17) is 4.74 Å². The second-order valence-corrected chi connectivity index (χ2v) is 5.41. The standard InChI is InChI=1S/C19H17FN4O2/c1-26-17-5-3-2-4-13(17)11-21-19(25)16-10-18(23-12-22-16)24-15-8-6-14(20)7-9-15/h2-10,12H,11H2,1H3,(H,21,25)(H,22,23,24). The lowest BCUT2D eigenvalue weighted by molar-refractivity contribution is 0.0945. The van der Waals surface area contributed by atoms with E-state index in [1.54, 1.807) is 19.2 Å². The lowest BCUT2D eigenvalue weighted by Gasteiger charge is -2.10. The predicted molar refractivity (Wildman–Crippen MR) is 95.9 cm³/mol. The van der Waals surface area contributed by atoms with Crippen LogP contribution >= 0.6 is 0 Å². The van der Waals surface area contributed by atoms with Gasteiger partial charge in [-0.3, -0.25) is 4.79 Å². The Morgan fingerprint density at radius 3 is 2.65 bits per heavy atom. The van der Waals surface area contributed by atoms with Crippen LogP contribution < -0.4 is 15.4 Å². The third-order valence-electron chi connectivity index (χ3n) is 3.65. The number of ether oxygens (including phenoxy) is 1. The number of para-hydroxylation sites is 1. The number of amides is 1. The van der Waals surface area contributed by atoms with E-state index in [-0.39, 0.29) is 17.4 Å². The first-order valence-electron chi connectivity index (χ1n) is 7.90. The van der Waals surface area contributed by atoms with Crippen LogP contribution in [0.4, 0.5) is 15.9 Å². The number of nitrogens with zero attached hydrogens (tertiary/aromatic N) is 2. The van der Waals surface area contributed by atoms with Crippen molar-refractivity contribution in [2.45, 2.75) is 6.54 Å². The van der Waals surface area contributed by atoms with Gasteiger partial charge in [-0.1, -0.05) is 18.2 Å². The van der Waals surface area contributed by atoms with E-state index in [2.05, 4.69) is 20.6 Å². The summed E-state index contributed by atoms with van der Waals surface area (Å²) in [5, 5.41) is 5.80. The van der Waals surface area contributed by atoms with Gasteiger partial charge in [0.25, 0.3) is 5.91 Å². The minimum Gasteiger partial charge on any atom is -0.496 e. The Balaban J connectivity index is 1.67. The van der Waals surface area contributed by atoms with Crippen LogP contribution in [0.5, 0.6) is 5.75 Å². The van der Waals surface area contributed by atoms with Crippen LogP contribution in [0.2, 0.25) is 0 Å². The lowest BCUT2D eigenvalue weighted by atomic mass is 10.2. The maximum absolute atomic E-state index is 13.0. The van der Waals surface area contributed by atoms with Gasteiger partial charge in [0.1, 0.15) is 29.4 Å². The first-order valence-corrected chi connectivity index (χ1v) is 7.90. The third kappa shape index (κ3) is 4.32. The lowest BCUT2D eigenvalue weighted by Crippen LogP contribution is -2.24. The molecule has 2 aromatic carbocycles. The molecule has 0 fully saturated rings. The average molecular weight is 352 g/mol. The highest BCUT2D eigenvalue weighted by Gasteiger charge is 2.10. The Kier molecular flexibility index (Phi) is 5.38. The fourth-order valence-corrected chi connectivity index (χ4v) is 2.35.